The Morgan fingerprint density at radius 2 is 2.00 bits per heavy atom. The van der Waals surface area contributed by atoms with E-state index in [0.717, 1.165) is 18.3 Å². The lowest BCUT2D eigenvalue weighted by Gasteiger charge is -2.08. The van der Waals surface area contributed by atoms with E-state index in [1.54, 1.807) is 13.8 Å². The van der Waals surface area contributed by atoms with Gasteiger partial charge in [-0.15, -0.1) is 0 Å². The predicted molar refractivity (Wildman–Crippen MR) is 64.2 cm³/mol. The average Bonchev–Trinajstić information content (AvgIpc) is 2.22. The summed E-state index contributed by atoms with van der Waals surface area (Å²) < 4.78 is 37.1. The van der Waals surface area contributed by atoms with Crippen LogP contribution in [0.25, 0.3) is 0 Å². The van der Waals surface area contributed by atoms with Crippen LogP contribution in [-0.2, 0) is 16.4 Å². The molecule has 0 radical (unpaired) electrons. The molecular formula is C11H16FNO3S. The Labute approximate surface area is 100 Å². The van der Waals surface area contributed by atoms with E-state index in [2.05, 4.69) is 0 Å². The largest absolute Gasteiger partial charge is 0.313 e. The van der Waals surface area contributed by atoms with Gasteiger partial charge in [0.1, 0.15) is 5.82 Å². The second kappa shape index (κ2) is 5.44. The van der Waals surface area contributed by atoms with Gasteiger partial charge in [0.05, 0.1) is 11.0 Å². The van der Waals surface area contributed by atoms with Gasteiger partial charge >= 0.3 is 0 Å². The first-order valence-corrected chi connectivity index (χ1v) is 7.12. The van der Waals surface area contributed by atoms with Crippen LogP contribution in [0.2, 0.25) is 0 Å². The van der Waals surface area contributed by atoms with Crippen molar-refractivity contribution in [1.82, 2.24) is 4.57 Å². The molecule has 17 heavy (non-hydrogen) atoms. The predicted octanol–water partition coefficient (Wildman–Crippen LogP) is 1.20. The van der Waals surface area contributed by atoms with E-state index in [0.29, 0.717) is 6.42 Å². The maximum Gasteiger partial charge on any atom is 0.250 e. The van der Waals surface area contributed by atoms with Crippen LogP contribution >= 0.6 is 0 Å². The molecule has 96 valence electrons. The molecule has 4 nitrogen and oxygen atoms in total. The monoisotopic (exact) mass is 261 g/mol. The smallest absolute Gasteiger partial charge is 0.250 e. The summed E-state index contributed by atoms with van der Waals surface area (Å²) in [6, 6.07) is 2.22. The molecule has 0 saturated carbocycles. The van der Waals surface area contributed by atoms with Gasteiger partial charge in [-0.1, -0.05) is 0 Å². The zero-order chi connectivity index (χ0) is 13.1. The zero-order valence-corrected chi connectivity index (χ0v) is 10.7. The van der Waals surface area contributed by atoms with Gasteiger partial charge in [0.15, 0.2) is 9.84 Å². The molecule has 0 aliphatic carbocycles. The lowest BCUT2D eigenvalue weighted by molar-refractivity contribution is 0.562. The molecule has 1 aromatic heterocycles. The molecule has 0 amide bonds. The summed E-state index contributed by atoms with van der Waals surface area (Å²) in [5.74, 6) is -0.496. The molecule has 0 aliphatic heterocycles. The van der Waals surface area contributed by atoms with E-state index in [4.69, 9.17) is 0 Å². The number of pyridine rings is 1. The SMILES string of the molecule is CC(C)S(=O)(=O)CCCn1cc(F)ccc1=O. The van der Waals surface area contributed by atoms with Gasteiger partial charge < -0.3 is 4.57 Å². The quantitative estimate of drug-likeness (QED) is 0.800. The van der Waals surface area contributed by atoms with Crippen molar-refractivity contribution in [2.24, 2.45) is 0 Å². The van der Waals surface area contributed by atoms with E-state index in [9.17, 15) is 17.6 Å². The van der Waals surface area contributed by atoms with Crippen LogP contribution in [0.4, 0.5) is 4.39 Å². The highest BCUT2D eigenvalue weighted by molar-refractivity contribution is 7.91. The number of aromatic nitrogens is 1. The number of hydrogen-bond donors (Lipinski definition) is 0. The van der Waals surface area contributed by atoms with Crippen molar-refractivity contribution in [3.63, 3.8) is 0 Å². The van der Waals surface area contributed by atoms with Crippen LogP contribution in [0.15, 0.2) is 23.1 Å². The topological polar surface area (TPSA) is 56.1 Å². The normalized spacial score (nSPS) is 12.0. The summed E-state index contributed by atoms with van der Waals surface area (Å²) in [5.41, 5.74) is -0.326. The van der Waals surface area contributed by atoms with Gasteiger partial charge in [-0.05, 0) is 26.3 Å². The van der Waals surface area contributed by atoms with Gasteiger partial charge in [0, 0.05) is 18.8 Å². The third-order valence-electron chi connectivity index (χ3n) is 2.49. The fourth-order valence-corrected chi connectivity index (χ4v) is 2.35. The molecule has 0 aromatic carbocycles. The van der Waals surface area contributed by atoms with Crippen molar-refractivity contribution >= 4 is 9.84 Å². The summed E-state index contributed by atoms with van der Waals surface area (Å²) >= 11 is 0. The van der Waals surface area contributed by atoms with E-state index in [1.165, 1.54) is 4.57 Å². The van der Waals surface area contributed by atoms with E-state index in [1.807, 2.05) is 0 Å². The molecular weight excluding hydrogens is 245 g/mol. The summed E-state index contributed by atoms with van der Waals surface area (Å²) in [5, 5.41) is -0.424. The summed E-state index contributed by atoms with van der Waals surface area (Å²) in [4.78, 5) is 11.3. The summed E-state index contributed by atoms with van der Waals surface area (Å²) in [6.07, 6.45) is 1.40. The Kier molecular flexibility index (Phi) is 4.45. The van der Waals surface area contributed by atoms with Crippen LogP contribution in [-0.4, -0.2) is 24.0 Å². The van der Waals surface area contributed by atoms with Crippen molar-refractivity contribution in [1.29, 1.82) is 0 Å². The molecule has 0 N–H and O–H groups in total. The Balaban J connectivity index is 2.64. The van der Waals surface area contributed by atoms with E-state index < -0.39 is 20.9 Å². The minimum Gasteiger partial charge on any atom is -0.313 e. The molecule has 0 unspecified atom stereocenters. The third-order valence-corrected chi connectivity index (χ3v) is 4.79. The van der Waals surface area contributed by atoms with Crippen molar-refractivity contribution in [3.8, 4) is 0 Å². The lowest BCUT2D eigenvalue weighted by Crippen LogP contribution is -2.23. The fourth-order valence-electron chi connectivity index (χ4n) is 1.35. The van der Waals surface area contributed by atoms with Crippen molar-refractivity contribution in [3.05, 3.63) is 34.5 Å². The first kappa shape index (κ1) is 13.9. The Hall–Kier alpha value is -1.17. The van der Waals surface area contributed by atoms with E-state index >= 15 is 0 Å². The molecule has 1 rings (SSSR count). The van der Waals surface area contributed by atoms with Gasteiger partial charge in [-0.25, -0.2) is 12.8 Å². The van der Waals surface area contributed by atoms with E-state index in [-0.39, 0.29) is 17.9 Å². The molecule has 0 bridgehead atoms. The highest BCUT2D eigenvalue weighted by atomic mass is 32.2. The summed E-state index contributed by atoms with van der Waals surface area (Å²) in [6.45, 7) is 3.44. The molecule has 6 heteroatoms. The van der Waals surface area contributed by atoms with Gasteiger partial charge in [-0.3, -0.25) is 4.79 Å². The third kappa shape index (κ3) is 3.96. The van der Waals surface area contributed by atoms with Gasteiger partial charge in [0.2, 0.25) is 0 Å². The number of hydrogen-bond acceptors (Lipinski definition) is 3. The summed E-state index contributed by atoms with van der Waals surface area (Å²) in [7, 11) is -3.10. The second-order valence-electron chi connectivity index (χ2n) is 4.15. The van der Waals surface area contributed by atoms with Crippen molar-refractivity contribution < 1.29 is 12.8 Å². The second-order valence-corrected chi connectivity index (χ2v) is 6.83. The first-order valence-electron chi connectivity index (χ1n) is 5.40. The number of sulfone groups is 1. The lowest BCUT2D eigenvalue weighted by atomic mass is 10.4. The standard InChI is InChI=1S/C11H16FNO3S/c1-9(2)17(15,16)7-3-6-13-8-10(12)4-5-11(13)14/h4-5,8-9H,3,6-7H2,1-2H3. The van der Waals surface area contributed by atoms with Crippen LogP contribution in [0.3, 0.4) is 0 Å². The van der Waals surface area contributed by atoms with Crippen LogP contribution in [0, 0.1) is 5.82 Å². The Bertz CT molecular complexity index is 534. The van der Waals surface area contributed by atoms with Crippen LogP contribution in [0.1, 0.15) is 20.3 Å². The van der Waals surface area contributed by atoms with Crippen LogP contribution < -0.4 is 5.56 Å². The number of aryl methyl sites for hydroxylation is 1. The van der Waals surface area contributed by atoms with Crippen LogP contribution in [0.5, 0.6) is 0 Å². The molecule has 0 atom stereocenters. The van der Waals surface area contributed by atoms with Crippen molar-refractivity contribution in [2.75, 3.05) is 5.75 Å². The zero-order valence-electron chi connectivity index (χ0n) is 9.89. The average molecular weight is 261 g/mol. The number of rotatable bonds is 5. The molecule has 0 saturated heterocycles. The number of nitrogens with zero attached hydrogens (tertiary/aromatic N) is 1. The molecule has 1 aromatic rings. The highest BCUT2D eigenvalue weighted by Gasteiger charge is 2.15. The minimum absolute atomic E-state index is 0.00756. The van der Waals surface area contributed by atoms with Crippen molar-refractivity contribution in [2.45, 2.75) is 32.1 Å². The molecule has 0 spiro atoms. The maximum absolute atomic E-state index is 12.9. The maximum atomic E-state index is 12.9. The fraction of sp³-hybridized carbons (Fsp3) is 0.545. The number of halogens is 1. The van der Waals surface area contributed by atoms with Gasteiger partial charge in [-0.2, -0.15) is 0 Å². The Morgan fingerprint density at radius 1 is 1.35 bits per heavy atom. The highest BCUT2D eigenvalue weighted by Crippen LogP contribution is 2.03. The Morgan fingerprint density at radius 3 is 2.59 bits per heavy atom. The molecule has 0 aliphatic rings. The molecule has 0 fully saturated rings. The van der Waals surface area contributed by atoms with Gasteiger partial charge in [0.25, 0.3) is 5.56 Å². The minimum atomic E-state index is -3.10. The first-order chi connectivity index (χ1) is 7.83. The molecule has 1 heterocycles.